The van der Waals surface area contributed by atoms with E-state index in [1.165, 1.54) is 0 Å². The summed E-state index contributed by atoms with van der Waals surface area (Å²) < 4.78 is 0. The van der Waals surface area contributed by atoms with Crippen molar-refractivity contribution in [2.45, 2.75) is 57.5 Å². The summed E-state index contributed by atoms with van der Waals surface area (Å²) in [4.78, 5) is 26.3. The number of carbonyl (C=O) groups excluding carboxylic acids is 2. The smallest absolute Gasteiger partial charge is 0.219 e. The molecule has 136 valence electrons. The van der Waals surface area contributed by atoms with Crippen molar-refractivity contribution in [2.75, 3.05) is 13.1 Å². The van der Waals surface area contributed by atoms with E-state index in [4.69, 9.17) is 11.6 Å². The zero-order chi connectivity index (χ0) is 18.2. The molecule has 1 aliphatic heterocycles. The molecule has 1 saturated carbocycles. The van der Waals surface area contributed by atoms with E-state index < -0.39 is 5.41 Å². The number of amides is 1. The minimum atomic E-state index is -0.420. The summed E-state index contributed by atoms with van der Waals surface area (Å²) in [6.07, 6.45) is 2.74. The topological polar surface area (TPSA) is 49.4 Å². The van der Waals surface area contributed by atoms with Crippen LogP contribution in [0.15, 0.2) is 24.3 Å². The van der Waals surface area contributed by atoms with Gasteiger partial charge in [0, 0.05) is 43.0 Å². The highest BCUT2D eigenvalue weighted by Gasteiger charge is 2.61. The molecular formula is C20H27ClN2O2. The van der Waals surface area contributed by atoms with E-state index in [2.05, 4.69) is 5.32 Å². The van der Waals surface area contributed by atoms with E-state index in [0.29, 0.717) is 16.8 Å². The molecule has 2 unspecified atom stereocenters. The average molecular weight is 363 g/mol. The predicted octanol–water partition coefficient (Wildman–Crippen LogP) is 3.18. The number of nitrogens with one attached hydrogen (secondary N) is 1. The molecule has 3 rings (SSSR count). The van der Waals surface area contributed by atoms with Gasteiger partial charge in [-0.1, -0.05) is 37.6 Å². The average Bonchev–Trinajstić information content (AvgIpc) is 3.30. The molecule has 5 heteroatoms. The number of ketones is 1. The van der Waals surface area contributed by atoms with Crippen LogP contribution in [-0.2, 0) is 15.0 Å². The van der Waals surface area contributed by atoms with Crippen molar-refractivity contribution in [1.82, 2.24) is 10.2 Å². The summed E-state index contributed by atoms with van der Waals surface area (Å²) in [5, 5.41) is 4.39. The molecule has 1 N–H and O–H groups in total. The van der Waals surface area contributed by atoms with Gasteiger partial charge in [-0.2, -0.15) is 0 Å². The van der Waals surface area contributed by atoms with Crippen LogP contribution in [0.25, 0.3) is 0 Å². The molecule has 2 aliphatic rings. The molecule has 0 aromatic heterocycles. The summed E-state index contributed by atoms with van der Waals surface area (Å²) in [6, 6.07) is 8.26. The Morgan fingerprint density at radius 1 is 1.20 bits per heavy atom. The molecule has 25 heavy (non-hydrogen) atoms. The third kappa shape index (κ3) is 3.61. The number of likely N-dealkylation sites (tertiary alicyclic amines) is 1. The lowest BCUT2D eigenvalue weighted by Crippen LogP contribution is -2.46. The quantitative estimate of drug-likeness (QED) is 0.875. The normalized spacial score (nSPS) is 26.8. The predicted molar refractivity (Wildman–Crippen MR) is 99.8 cm³/mol. The third-order valence-electron chi connectivity index (χ3n) is 5.66. The van der Waals surface area contributed by atoms with Crippen molar-refractivity contribution < 1.29 is 9.59 Å². The second-order valence-electron chi connectivity index (χ2n) is 7.70. The Hall–Kier alpha value is -1.39. The zero-order valence-corrected chi connectivity index (χ0v) is 16.0. The molecule has 0 spiro atoms. The highest BCUT2D eigenvalue weighted by atomic mass is 35.5. The number of rotatable bonds is 5. The first-order valence-corrected chi connectivity index (χ1v) is 9.54. The summed E-state index contributed by atoms with van der Waals surface area (Å²) >= 11 is 6.02. The van der Waals surface area contributed by atoms with E-state index >= 15 is 0 Å². The van der Waals surface area contributed by atoms with Gasteiger partial charge in [0.15, 0.2) is 0 Å². The first-order valence-electron chi connectivity index (χ1n) is 9.16. The molecule has 1 aromatic carbocycles. The summed E-state index contributed by atoms with van der Waals surface area (Å²) in [5.74, 6) is 0.450. The van der Waals surface area contributed by atoms with Gasteiger partial charge in [-0.05, 0) is 37.0 Å². The van der Waals surface area contributed by atoms with Crippen LogP contribution >= 0.6 is 11.6 Å². The molecule has 0 radical (unpaired) electrons. The SMILES string of the molecule is CC(=O)N1CCC(NC2CC2(C(=O)C(C)C)c2ccc(Cl)cc2)CC1. The standard InChI is InChI=1S/C20H27ClN2O2/c1-13(2)19(25)20(15-4-6-16(21)7-5-15)12-18(20)22-17-8-10-23(11-9-17)14(3)24/h4-7,13,17-18,22H,8-12H2,1-3H3. The van der Waals surface area contributed by atoms with Crippen LogP contribution in [0, 0.1) is 5.92 Å². The molecule has 0 bridgehead atoms. The Balaban J connectivity index is 1.71. The second-order valence-corrected chi connectivity index (χ2v) is 8.14. The van der Waals surface area contributed by atoms with Crippen molar-refractivity contribution in [1.29, 1.82) is 0 Å². The molecule has 2 fully saturated rings. The maximum atomic E-state index is 13.0. The largest absolute Gasteiger partial charge is 0.343 e. The Morgan fingerprint density at radius 2 is 1.80 bits per heavy atom. The van der Waals surface area contributed by atoms with Crippen LogP contribution in [0.3, 0.4) is 0 Å². The molecule has 1 amide bonds. The van der Waals surface area contributed by atoms with Crippen molar-refractivity contribution in [3.63, 3.8) is 0 Å². The number of hydrogen-bond acceptors (Lipinski definition) is 3. The minimum Gasteiger partial charge on any atom is -0.343 e. The van der Waals surface area contributed by atoms with Gasteiger partial charge in [0.2, 0.25) is 5.91 Å². The fourth-order valence-electron chi connectivity index (χ4n) is 4.11. The number of piperidine rings is 1. The van der Waals surface area contributed by atoms with Gasteiger partial charge >= 0.3 is 0 Å². The first kappa shape index (κ1) is 18.4. The van der Waals surface area contributed by atoms with E-state index in [1.807, 2.05) is 43.0 Å². The highest BCUT2D eigenvalue weighted by molar-refractivity contribution is 6.30. The van der Waals surface area contributed by atoms with Gasteiger partial charge in [-0.25, -0.2) is 0 Å². The van der Waals surface area contributed by atoms with E-state index in [-0.39, 0.29) is 17.9 Å². The monoisotopic (exact) mass is 362 g/mol. The Morgan fingerprint density at radius 3 is 2.32 bits per heavy atom. The van der Waals surface area contributed by atoms with Crippen molar-refractivity contribution in [2.24, 2.45) is 5.92 Å². The van der Waals surface area contributed by atoms with Gasteiger partial charge in [0.05, 0.1) is 5.41 Å². The lowest BCUT2D eigenvalue weighted by atomic mass is 9.85. The van der Waals surface area contributed by atoms with E-state index in [1.54, 1.807) is 6.92 Å². The zero-order valence-electron chi connectivity index (χ0n) is 15.2. The maximum Gasteiger partial charge on any atom is 0.219 e. The Kier molecular flexibility index (Phi) is 5.21. The van der Waals surface area contributed by atoms with Crippen LogP contribution in [0.1, 0.15) is 45.6 Å². The summed E-state index contributed by atoms with van der Waals surface area (Å²) in [6.45, 7) is 7.17. The number of carbonyl (C=O) groups is 2. The van der Waals surface area contributed by atoms with Crippen LogP contribution in [0.2, 0.25) is 5.02 Å². The fraction of sp³-hybridized carbons (Fsp3) is 0.600. The molecular weight excluding hydrogens is 336 g/mol. The third-order valence-corrected chi connectivity index (χ3v) is 5.91. The van der Waals surface area contributed by atoms with Crippen LogP contribution in [0.4, 0.5) is 0 Å². The van der Waals surface area contributed by atoms with E-state index in [0.717, 1.165) is 37.9 Å². The van der Waals surface area contributed by atoms with Gasteiger partial charge < -0.3 is 10.2 Å². The molecule has 1 saturated heterocycles. The lowest BCUT2D eigenvalue weighted by Gasteiger charge is -2.32. The van der Waals surface area contributed by atoms with Crippen LogP contribution in [0.5, 0.6) is 0 Å². The number of benzene rings is 1. The fourth-order valence-corrected chi connectivity index (χ4v) is 4.23. The molecule has 1 aliphatic carbocycles. The Labute approximate surface area is 154 Å². The van der Waals surface area contributed by atoms with Crippen molar-refractivity contribution >= 4 is 23.3 Å². The molecule has 4 nitrogen and oxygen atoms in total. The van der Waals surface area contributed by atoms with Crippen LogP contribution in [-0.4, -0.2) is 41.8 Å². The van der Waals surface area contributed by atoms with Gasteiger partial charge in [-0.15, -0.1) is 0 Å². The molecule has 1 heterocycles. The first-order chi connectivity index (χ1) is 11.8. The molecule has 2 atom stereocenters. The number of Topliss-reactive ketones (excluding diaryl/α,β-unsaturated/α-hetero) is 1. The van der Waals surface area contributed by atoms with Crippen molar-refractivity contribution in [3.8, 4) is 0 Å². The van der Waals surface area contributed by atoms with Crippen molar-refractivity contribution in [3.05, 3.63) is 34.9 Å². The molecule has 1 aromatic rings. The summed E-state index contributed by atoms with van der Waals surface area (Å²) in [7, 11) is 0. The van der Waals surface area contributed by atoms with E-state index in [9.17, 15) is 9.59 Å². The number of halogens is 1. The minimum absolute atomic E-state index is 0.00189. The Bertz CT molecular complexity index is 650. The highest BCUT2D eigenvalue weighted by Crippen LogP contribution is 2.51. The van der Waals surface area contributed by atoms with Gasteiger partial charge in [0.1, 0.15) is 5.78 Å². The number of nitrogens with zero attached hydrogens (tertiary/aromatic N) is 1. The maximum absolute atomic E-state index is 13.0. The van der Waals surface area contributed by atoms with Crippen LogP contribution < -0.4 is 5.32 Å². The van der Waals surface area contributed by atoms with Gasteiger partial charge in [0.25, 0.3) is 0 Å². The number of hydrogen-bond donors (Lipinski definition) is 1. The summed E-state index contributed by atoms with van der Waals surface area (Å²) in [5.41, 5.74) is 0.644. The second kappa shape index (κ2) is 7.08. The van der Waals surface area contributed by atoms with Gasteiger partial charge in [-0.3, -0.25) is 9.59 Å². The lowest BCUT2D eigenvalue weighted by molar-refractivity contribution is -0.129.